The van der Waals surface area contributed by atoms with Crippen LogP contribution in [0.5, 0.6) is 0 Å². The first-order valence-corrected chi connectivity index (χ1v) is 8.41. The first-order valence-electron chi connectivity index (χ1n) is 6.78. The number of aromatic nitrogens is 2. The molecule has 2 aromatic heterocycles. The van der Waals surface area contributed by atoms with Crippen molar-refractivity contribution in [3.05, 3.63) is 52.1 Å². The molecule has 0 fully saturated rings. The highest BCUT2D eigenvalue weighted by Crippen LogP contribution is 2.35. The predicted octanol–water partition coefficient (Wildman–Crippen LogP) is 4.87. The fraction of sp³-hybridized carbons (Fsp3) is 0.0667. The van der Waals surface area contributed by atoms with Crippen molar-refractivity contribution in [2.45, 2.75) is 6.92 Å². The molecule has 0 spiro atoms. The van der Waals surface area contributed by atoms with Crippen molar-refractivity contribution in [2.24, 2.45) is 0 Å². The molecule has 0 radical (unpaired) electrons. The third-order valence-electron chi connectivity index (χ3n) is 3.39. The molecule has 6 nitrogen and oxygen atoms in total. The number of benzene rings is 2. The van der Waals surface area contributed by atoms with E-state index in [1.165, 1.54) is 11.3 Å². The topological polar surface area (TPSA) is 81.0 Å². The average Bonchev–Trinajstić information content (AvgIpc) is 3.10. The Balaban J connectivity index is 1.74. The van der Waals surface area contributed by atoms with Crippen LogP contribution in [0, 0.1) is 17.0 Å². The van der Waals surface area contributed by atoms with Crippen LogP contribution in [0.25, 0.3) is 20.4 Å². The van der Waals surface area contributed by atoms with Gasteiger partial charge in [-0.25, -0.2) is 9.97 Å². The standard InChI is InChI=1S/C15H10N4O2S2/c1-8-6-9(19(20)21)7-12-13(8)17-15(23-12)18-14-16-10-4-2-3-5-11(10)22-14/h2-7H,1H3,(H,16,17,18). The maximum absolute atomic E-state index is 11.0. The van der Waals surface area contributed by atoms with E-state index in [9.17, 15) is 10.1 Å². The summed E-state index contributed by atoms with van der Waals surface area (Å²) in [6.07, 6.45) is 0. The fourth-order valence-corrected chi connectivity index (χ4v) is 4.26. The van der Waals surface area contributed by atoms with Crippen molar-refractivity contribution < 1.29 is 4.92 Å². The van der Waals surface area contributed by atoms with Gasteiger partial charge < -0.3 is 5.32 Å². The highest BCUT2D eigenvalue weighted by atomic mass is 32.1. The number of para-hydroxylation sites is 1. The fourth-order valence-electron chi connectivity index (χ4n) is 2.35. The molecule has 8 heteroatoms. The Morgan fingerprint density at radius 1 is 1.09 bits per heavy atom. The Labute approximate surface area is 138 Å². The molecule has 0 unspecified atom stereocenters. The molecule has 0 bridgehead atoms. The first kappa shape index (κ1) is 14.0. The monoisotopic (exact) mass is 342 g/mol. The second kappa shape index (κ2) is 5.25. The van der Waals surface area contributed by atoms with Gasteiger partial charge in [-0.05, 0) is 24.6 Å². The molecule has 23 heavy (non-hydrogen) atoms. The Hall–Kier alpha value is -2.58. The molecule has 0 atom stereocenters. The van der Waals surface area contributed by atoms with E-state index in [1.54, 1.807) is 23.5 Å². The lowest BCUT2D eigenvalue weighted by molar-refractivity contribution is -0.384. The minimum Gasteiger partial charge on any atom is -0.307 e. The molecule has 0 saturated heterocycles. The van der Waals surface area contributed by atoms with Crippen LogP contribution in [-0.4, -0.2) is 14.9 Å². The minimum absolute atomic E-state index is 0.0881. The van der Waals surface area contributed by atoms with Gasteiger partial charge in [-0.2, -0.15) is 0 Å². The van der Waals surface area contributed by atoms with Crippen molar-refractivity contribution >= 4 is 59.1 Å². The van der Waals surface area contributed by atoms with Gasteiger partial charge in [0.05, 0.1) is 25.4 Å². The normalized spacial score (nSPS) is 11.2. The third-order valence-corrected chi connectivity index (χ3v) is 5.26. The van der Waals surface area contributed by atoms with Crippen molar-refractivity contribution in [1.82, 2.24) is 9.97 Å². The largest absolute Gasteiger partial charge is 0.307 e. The van der Waals surface area contributed by atoms with E-state index in [0.717, 1.165) is 31.1 Å². The number of hydrogen-bond acceptors (Lipinski definition) is 7. The number of nitro groups is 1. The first-order chi connectivity index (χ1) is 11.1. The summed E-state index contributed by atoms with van der Waals surface area (Å²) in [4.78, 5) is 19.6. The van der Waals surface area contributed by atoms with Gasteiger partial charge in [0.1, 0.15) is 0 Å². The van der Waals surface area contributed by atoms with Crippen molar-refractivity contribution in [3.63, 3.8) is 0 Å². The number of hydrogen-bond donors (Lipinski definition) is 1. The number of non-ortho nitro benzene ring substituents is 1. The summed E-state index contributed by atoms with van der Waals surface area (Å²) in [6.45, 7) is 1.83. The van der Waals surface area contributed by atoms with Crippen LogP contribution in [0.2, 0.25) is 0 Å². The summed E-state index contributed by atoms with van der Waals surface area (Å²) >= 11 is 2.94. The minimum atomic E-state index is -0.382. The maximum Gasteiger partial charge on any atom is 0.271 e. The van der Waals surface area contributed by atoms with E-state index >= 15 is 0 Å². The Morgan fingerprint density at radius 3 is 2.61 bits per heavy atom. The number of nitrogens with one attached hydrogen (secondary N) is 1. The Bertz CT molecular complexity index is 1020. The molecule has 0 saturated carbocycles. The third kappa shape index (κ3) is 2.51. The highest BCUT2D eigenvalue weighted by Gasteiger charge is 2.14. The smallest absolute Gasteiger partial charge is 0.271 e. The van der Waals surface area contributed by atoms with E-state index in [1.807, 2.05) is 31.2 Å². The molecule has 4 rings (SSSR count). The zero-order valence-corrected chi connectivity index (χ0v) is 13.6. The zero-order valence-electron chi connectivity index (χ0n) is 11.9. The highest BCUT2D eigenvalue weighted by molar-refractivity contribution is 7.24. The molecule has 0 aliphatic carbocycles. The maximum atomic E-state index is 11.0. The Morgan fingerprint density at radius 2 is 1.83 bits per heavy atom. The molecular weight excluding hydrogens is 332 g/mol. The summed E-state index contributed by atoms with van der Waals surface area (Å²) in [5, 5.41) is 15.6. The summed E-state index contributed by atoms with van der Waals surface area (Å²) < 4.78 is 1.89. The molecule has 2 heterocycles. The summed E-state index contributed by atoms with van der Waals surface area (Å²) in [6, 6.07) is 11.0. The van der Waals surface area contributed by atoms with Crippen LogP contribution in [-0.2, 0) is 0 Å². The van der Waals surface area contributed by atoms with Crippen molar-refractivity contribution in [3.8, 4) is 0 Å². The molecule has 0 amide bonds. The number of fused-ring (bicyclic) bond motifs is 2. The molecular formula is C15H10N4O2S2. The van der Waals surface area contributed by atoms with Gasteiger partial charge in [0.15, 0.2) is 10.3 Å². The number of nitrogens with zero attached hydrogens (tertiary/aromatic N) is 3. The number of nitro benzene ring substituents is 1. The number of rotatable bonds is 3. The molecule has 0 aliphatic heterocycles. The molecule has 2 aromatic carbocycles. The van der Waals surface area contributed by atoms with Crippen LogP contribution < -0.4 is 5.32 Å². The number of thiazole rings is 2. The molecule has 1 N–H and O–H groups in total. The van der Waals surface area contributed by atoms with E-state index < -0.39 is 0 Å². The Kier molecular flexibility index (Phi) is 3.21. The molecule has 0 aliphatic rings. The lowest BCUT2D eigenvalue weighted by Gasteiger charge is -1.95. The van der Waals surface area contributed by atoms with Gasteiger partial charge in [0, 0.05) is 12.1 Å². The zero-order chi connectivity index (χ0) is 16.0. The summed E-state index contributed by atoms with van der Waals surface area (Å²) in [7, 11) is 0. The van der Waals surface area contributed by atoms with Gasteiger partial charge in [0.2, 0.25) is 0 Å². The quantitative estimate of drug-likeness (QED) is 0.424. The summed E-state index contributed by atoms with van der Waals surface area (Å²) in [5.41, 5.74) is 2.60. The van der Waals surface area contributed by atoms with Crippen LogP contribution in [0.4, 0.5) is 16.0 Å². The van der Waals surface area contributed by atoms with E-state index in [2.05, 4.69) is 15.3 Å². The average molecular weight is 342 g/mol. The van der Waals surface area contributed by atoms with Gasteiger partial charge in [-0.1, -0.05) is 34.8 Å². The SMILES string of the molecule is Cc1cc([N+](=O)[O-])cc2sc(Nc3nc4ccccc4s3)nc12. The van der Waals surface area contributed by atoms with Crippen molar-refractivity contribution in [1.29, 1.82) is 0 Å². The summed E-state index contributed by atoms with van der Waals surface area (Å²) in [5.74, 6) is 0. The number of anilines is 2. The second-order valence-electron chi connectivity index (χ2n) is 5.00. The van der Waals surface area contributed by atoms with Gasteiger partial charge in [0.25, 0.3) is 5.69 Å². The lowest BCUT2D eigenvalue weighted by atomic mass is 10.2. The van der Waals surface area contributed by atoms with Crippen molar-refractivity contribution in [2.75, 3.05) is 5.32 Å². The lowest BCUT2D eigenvalue weighted by Crippen LogP contribution is -1.89. The van der Waals surface area contributed by atoms with Gasteiger partial charge >= 0.3 is 0 Å². The van der Waals surface area contributed by atoms with E-state index in [-0.39, 0.29) is 10.6 Å². The molecule has 4 aromatic rings. The molecule has 114 valence electrons. The van der Waals surface area contributed by atoms with Crippen LogP contribution in [0.3, 0.4) is 0 Å². The van der Waals surface area contributed by atoms with Gasteiger partial charge in [-0.3, -0.25) is 10.1 Å². The predicted molar refractivity (Wildman–Crippen MR) is 93.9 cm³/mol. The second-order valence-corrected chi connectivity index (χ2v) is 7.06. The number of aryl methyl sites for hydroxylation is 1. The van der Waals surface area contributed by atoms with Crippen LogP contribution in [0.15, 0.2) is 36.4 Å². The van der Waals surface area contributed by atoms with Crippen LogP contribution in [0.1, 0.15) is 5.56 Å². The van der Waals surface area contributed by atoms with E-state index in [4.69, 9.17) is 0 Å². The van der Waals surface area contributed by atoms with Gasteiger partial charge in [-0.15, -0.1) is 0 Å². The van der Waals surface area contributed by atoms with Crippen LogP contribution >= 0.6 is 22.7 Å². The van der Waals surface area contributed by atoms with E-state index in [0.29, 0.717) is 5.13 Å².